The maximum absolute atomic E-state index is 13.0. The number of benzene rings is 2. The maximum Gasteiger partial charge on any atom is 0.416 e. The largest absolute Gasteiger partial charge is 0.416 e. The summed E-state index contributed by atoms with van der Waals surface area (Å²) in [5.74, 6) is -0.625. The summed E-state index contributed by atoms with van der Waals surface area (Å²) in [6.07, 6.45) is -4.44. The summed E-state index contributed by atoms with van der Waals surface area (Å²) < 4.78 is 38.7. The van der Waals surface area contributed by atoms with Crippen LogP contribution in [0.1, 0.15) is 53.9 Å². The molecule has 2 aromatic rings. The Bertz CT molecular complexity index is 932. The van der Waals surface area contributed by atoms with Crippen LogP contribution in [0.3, 0.4) is 0 Å². The summed E-state index contributed by atoms with van der Waals surface area (Å²) in [4.78, 5) is 27.4. The normalized spacial score (nSPS) is 16.7. The molecule has 2 amide bonds. The lowest BCUT2D eigenvalue weighted by atomic mass is 9.95. The zero-order valence-electron chi connectivity index (χ0n) is 16.5. The first-order valence-electron chi connectivity index (χ1n) is 9.31. The van der Waals surface area contributed by atoms with E-state index in [1.165, 1.54) is 17.0 Å². The fourth-order valence-electron chi connectivity index (χ4n) is 3.47. The van der Waals surface area contributed by atoms with Crippen molar-refractivity contribution in [1.82, 2.24) is 10.2 Å². The third-order valence-electron chi connectivity index (χ3n) is 4.67. The Morgan fingerprint density at radius 1 is 1.07 bits per heavy atom. The van der Waals surface area contributed by atoms with Crippen molar-refractivity contribution in [3.8, 4) is 0 Å². The molecule has 1 aliphatic rings. The first-order chi connectivity index (χ1) is 13.5. The molecule has 0 radical (unpaired) electrons. The summed E-state index contributed by atoms with van der Waals surface area (Å²) in [6.45, 7) is 6.24. The van der Waals surface area contributed by atoms with Crippen LogP contribution in [0.2, 0.25) is 0 Å². The Balaban J connectivity index is 1.82. The Kier molecular flexibility index (Phi) is 5.43. The highest BCUT2D eigenvalue weighted by Gasteiger charge is 2.42. The molecule has 0 spiro atoms. The quantitative estimate of drug-likeness (QED) is 0.812. The van der Waals surface area contributed by atoms with Gasteiger partial charge in [0.05, 0.1) is 5.56 Å². The Hall–Kier alpha value is -2.83. The molecule has 1 N–H and O–H groups in total. The molecule has 3 rings (SSSR count). The molecule has 0 saturated carbocycles. The molecule has 0 saturated heterocycles. The first kappa shape index (κ1) is 20.9. The van der Waals surface area contributed by atoms with Gasteiger partial charge in [0, 0.05) is 18.7 Å². The third-order valence-corrected chi connectivity index (χ3v) is 4.67. The molecule has 0 bridgehead atoms. The van der Waals surface area contributed by atoms with Crippen molar-refractivity contribution in [2.45, 2.75) is 39.5 Å². The van der Waals surface area contributed by atoms with Crippen LogP contribution in [0.15, 0.2) is 48.5 Å². The molecule has 1 aliphatic heterocycles. The van der Waals surface area contributed by atoms with Crippen molar-refractivity contribution >= 4 is 11.8 Å². The average Bonchev–Trinajstić information content (AvgIpc) is 2.90. The lowest BCUT2D eigenvalue weighted by molar-refractivity contribution is -0.137. The van der Waals surface area contributed by atoms with Gasteiger partial charge in [0.1, 0.15) is 6.04 Å². The van der Waals surface area contributed by atoms with Crippen molar-refractivity contribution in [1.29, 1.82) is 0 Å². The number of nitrogens with one attached hydrogen (secondary N) is 1. The monoisotopic (exact) mass is 404 g/mol. The lowest BCUT2D eigenvalue weighted by Gasteiger charge is -2.31. The van der Waals surface area contributed by atoms with Gasteiger partial charge in [-0.3, -0.25) is 9.59 Å². The van der Waals surface area contributed by atoms with Crippen LogP contribution in [-0.2, 0) is 17.5 Å². The number of rotatable bonds is 4. The van der Waals surface area contributed by atoms with Crippen LogP contribution in [-0.4, -0.2) is 23.3 Å². The van der Waals surface area contributed by atoms with Crippen LogP contribution >= 0.6 is 0 Å². The van der Waals surface area contributed by atoms with Gasteiger partial charge in [-0.15, -0.1) is 0 Å². The third kappa shape index (κ3) is 4.60. The van der Waals surface area contributed by atoms with E-state index < -0.39 is 23.7 Å². The van der Waals surface area contributed by atoms with Crippen LogP contribution in [0, 0.1) is 5.41 Å². The zero-order valence-corrected chi connectivity index (χ0v) is 16.5. The number of nitrogens with zero attached hydrogens (tertiary/aromatic N) is 1. The van der Waals surface area contributed by atoms with Crippen molar-refractivity contribution < 1.29 is 22.8 Å². The van der Waals surface area contributed by atoms with Crippen molar-refractivity contribution in [2.24, 2.45) is 5.41 Å². The molecule has 0 fully saturated rings. The molecule has 0 aliphatic carbocycles. The minimum atomic E-state index is -4.44. The van der Waals surface area contributed by atoms with Gasteiger partial charge in [-0.25, -0.2) is 0 Å². The highest BCUT2D eigenvalue weighted by atomic mass is 19.4. The number of amides is 2. The number of hydrogen-bond acceptors (Lipinski definition) is 2. The molecule has 7 heteroatoms. The fraction of sp³-hybridized carbons (Fsp3) is 0.364. The van der Waals surface area contributed by atoms with E-state index in [-0.39, 0.29) is 17.9 Å². The Morgan fingerprint density at radius 3 is 2.41 bits per heavy atom. The van der Waals surface area contributed by atoms with Gasteiger partial charge in [0.25, 0.3) is 5.91 Å². The summed E-state index contributed by atoms with van der Waals surface area (Å²) >= 11 is 0. The van der Waals surface area contributed by atoms with E-state index in [1.807, 2.05) is 20.8 Å². The number of alkyl halides is 3. The van der Waals surface area contributed by atoms with Crippen LogP contribution < -0.4 is 5.32 Å². The molecule has 2 aromatic carbocycles. The molecule has 4 nitrogen and oxygen atoms in total. The summed E-state index contributed by atoms with van der Waals surface area (Å²) in [5.41, 5.74) is 0.449. The highest BCUT2D eigenvalue weighted by Crippen LogP contribution is 2.36. The fourth-order valence-corrected chi connectivity index (χ4v) is 3.47. The van der Waals surface area contributed by atoms with E-state index in [9.17, 15) is 22.8 Å². The van der Waals surface area contributed by atoms with E-state index in [0.29, 0.717) is 23.2 Å². The van der Waals surface area contributed by atoms with Crippen molar-refractivity contribution in [3.05, 3.63) is 70.8 Å². The number of carbonyl (C=O) groups excluding carboxylic acids is 2. The van der Waals surface area contributed by atoms with Gasteiger partial charge in [-0.1, -0.05) is 51.1 Å². The maximum atomic E-state index is 13.0. The lowest BCUT2D eigenvalue weighted by Crippen LogP contribution is -2.42. The van der Waals surface area contributed by atoms with Gasteiger partial charge in [-0.05, 0) is 34.7 Å². The summed E-state index contributed by atoms with van der Waals surface area (Å²) in [5, 5.41) is 2.70. The first-order valence-corrected chi connectivity index (χ1v) is 9.31. The van der Waals surface area contributed by atoms with Gasteiger partial charge >= 0.3 is 6.18 Å². The highest BCUT2D eigenvalue weighted by molar-refractivity contribution is 6.04. The van der Waals surface area contributed by atoms with Crippen molar-refractivity contribution in [3.63, 3.8) is 0 Å². The SMILES string of the molecule is CC(C)(C)CN1C(=O)c2ccccc2C1C(=O)NCc1cccc(C(F)(F)F)c1. The second-order valence-electron chi connectivity index (χ2n) is 8.40. The molecule has 1 unspecified atom stereocenters. The molecule has 0 aromatic heterocycles. The van der Waals surface area contributed by atoms with Gasteiger partial charge in [0.2, 0.25) is 5.91 Å². The molecular formula is C22H23F3N2O2. The molecule has 154 valence electrons. The summed E-state index contributed by atoms with van der Waals surface area (Å²) in [7, 11) is 0. The second kappa shape index (κ2) is 7.54. The van der Waals surface area contributed by atoms with Crippen molar-refractivity contribution in [2.75, 3.05) is 6.54 Å². The molecular weight excluding hydrogens is 381 g/mol. The van der Waals surface area contributed by atoms with E-state index in [2.05, 4.69) is 5.32 Å². The Morgan fingerprint density at radius 2 is 1.76 bits per heavy atom. The topological polar surface area (TPSA) is 49.4 Å². The minimum Gasteiger partial charge on any atom is -0.350 e. The predicted molar refractivity (Wildman–Crippen MR) is 103 cm³/mol. The van der Waals surface area contributed by atoms with Gasteiger partial charge in [-0.2, -0.15) is 13.2 Å². The van der Waals surface area contributed by atoms with Crippen LogP contribution in [0.25, 0.3) is 0 Å². The Labute approximate surface area is 167 Å². The standard InChI is InChI=1S/C22H23F3N2O2/c1-21(2,3)13-27-18(16-9-4-5-10-17(16)20(27)29)19(28)26-12-14-7-6-8-15(11-14)22(23,24)25/h4-11,18H,12-13H2,1-3H3,(H,26,28). The number of halogens is 3. The smallest absolute Gasteiger partial charge is 0.350 e. The average molecular weight is 404 g/mol. The van der Waals surface area contributed by atoms with Crippen LogP contribution in [0.4, 0.5) is 13.2 Å². The van der Waals surface area contributed by atoms with E-state index in [4.69, 9.17) is 0 Å². The predicted octanol–water partition coefficient (Wildman–Crippen LogP) is 4.56. The number of hydrogen-bond donors (Lipinski definition) is 1. The molecule has 1 heterocycles. The molecule has 29 heavy (non-hydrogen) atoms. The number of carbonyl (C=O) groups is 2. The van der Waals surface area contributed by atoms with Gasteiger partial charge < -0.3 is 10.2 Å². The minimum absolute atomic E-state index is 0.0566. The van der Waals surface area contributed by atoms with E-state index in [1.54, 1.807) is 24.3 Å². The van der Waals surface area contributed by atoms with E-state index in [0.717, 1.165) is 12.1 Å². The van der Waals surface area contributed by atoms with Gasteiger partial charge in [0.15, 0.2) is 0 Å². The van der Waals surface area contributed by atoms with Crippen LogP contribution in [0.5, 0.6) is 0 Å². The second-order valence-corrected chi connectivity index (χ2v) is 8.40. The number of fused-ring (bicyclic) bond motifs is 1. The zero-order chi connectivity index (χ0) is 21.4. The van der Waals surface area contributed by atoms with E-state index >= 15 is 0 Å². The molecule has 1 atom stereocenters. The summed E-state index contributed by atoms with van der Waals surface area (Å²) in [6, 6.07) is 11.0.